The van der Waals surface area contributed by atoms with E-state index in [0.29, 0.717) is 18.7 Å². The van der Waals surface area contributed by atoms with Crippen LogP contribution in [0.2, 0.25) is 0 Å². The molecule has 1 aromatic carbocycles. The van der Waals surface area contributed by atoms with E-state index in [0.717, 1.165) is 25.3 Å². The van der Waals surface area contributed by atoms with E-state index in [2.05, 4.69) is 62.2 Å². The molecule has 2 atom stereocenters. The third-order valence-electron chi connectivity index (χ3n) is 4.41. The van der Waals surface area contributed by atoms with Crippen LogP contribution in [0.1, 0.15) is 41.0 Å². The van der Waals surface area contributed by atoms with Gasteiger partial charge in [0.2, 0.25) is 0 Å². The molecule has 21 heavy (non-hydrogen) atoms. The minimum absolute atomic E-state index is 0.261. The van der Waals surface area contributed by atoms with Crippen LogP contribution in [-0.2, 0) is 0 Å². The summed E-state index contributed by atoms with van der Waals surface area (Å²) in [6.07, 6.45) is 1.14. The molecule has 1 heterocycles. The monoisotopic (exact) mass is 290 g/mol. The first kappa shape index (κ1) is 16.2. The number of anilines is 1. The SMILES string of the molecule is CCOc1ccccc1N1CC(C(C)(C)C)NCC1CC. The molecular formula is C18H30N2O. The number of nitrogens with zero attached hydrogens (tertiary/aromatic N) is 1. The zero-order chi connectivity index (χ0) is 15.5. The smallest absolute Gasteiger partial charge is 0.142 e. The van der Waals surface area contributed by atoms with Crippen molar-refractivity contribution in [2.45, 2.75) is 53.1 Å². The summed E-state index contributed by atoms with van der Waals surface area (Å²) in [7, 11) is 0. The Balaban J connectivity index is 2.29. The second-order valence-electron chi connectivity index (χ2n) is 6.94. The maximum absolute atomic E-state index is 5.84. The summed E-state index contributed by atoms with van der Waals surface area (Å²) < 4.78 is 5.84. The lowest BCUT2D eigenvalue weighted by molar-refractivity contribution is 0.232. The molecule has 1 fully saturated rings. The lowest BCUT2D eigenvalue weighted by atomic mass is 9.84. The van der Waals surface area contributed by atoms with E-state index in [1.165, 1.54) is 5.69 Å². The molecule has 1 aliphatic rings. The van der Waals surface area contributed by atoms with Crippen LogP contribution in [0.5, 0.6) is 5.75 Å². The standard InChI is InChI=1S/C18H30N2O/c1-6-14-12-19-17(18(3,4)5)13-20(14)15-10-8-9-11-16(15)21-7-2/h8-11,14,17,19H,6-7,12-13H2,1-5H3. The van der Waals surface area contributed by atoms with Crippen molar-refractivity contribution in [3.8, 4) is 5.75 Å². The van der Waals surface area contributed by atoms with Crippen molar-refractivity contribution in [2.75, 3.05) is 24.6 Å². The lowest BCUT2D eigenvalue weighted by Crippen LogP contribution is -2.60. The van der Waals surface area contributed by atoms with E-state index in [9.17, 15) is 0 Å². The summed E-state index contributed by atoms with van der Waals surface area (Å²) in [6, 6.07) is 9.47. The Kier molecular flexibility index (Phi) is 5.15. The highest BCUT2D eigenvalue weighted by atomic mass is 16.5. The number of hydrogen-bond acceptors (Lipinski definition) is 3. The van der Waals surface area contributed by atoms with Crippen LogP contribution in [0, 0.1) is 5.41 Å². The fraction of sp³-hybridized carbons (Fsp3) is 0.667. The summed E-state index contributed by atoms with van der Waals surface area (Å²) in [5.41, 5.74) is 1.50. The number of hydrogen-bond donors (Lipinski definition) is 1. The van der Waals surface area contributed by atoms with Gasteiger partial charge in [-0.3, -0.25) is 0 Å². The Hall–Kier alpha value is -1.22. The summed E-state index contributed by atoms with van der Waals surface area (Å²) in [4.78, 5) is 2.54. The fourth-order valence-corrected chi connectivity index (χ4v) is 3.01. The highest BCUT2D eigenvalue weighted by Crippen LogP contribution is 2.33. The average molecular weight is 290 g/mol. The van der Waals surface area contributed by atoms with E-state index < -0.39 is 0 Å². The third-order valence-corrected chi connectivity index (χ3v) is 4.41. The predicted molar refractivity (Wildman–Crippen MR) is 90.3 cm³/mol. The maximum Gasteiger partial charge on any atom is 0.142 e. The zero-order valence-corrected chi connectivity index (χ0v) is 14.1. The Morgan fingerprint density at radius 2 is 1.95 bits per heavy atom. The average Bonchev–Trinajstić information content (AvgIpc) is 2.46. The molecule has 1 aliphatic heterocycles. The van der Waals surface area contributed by atoms with Crippen molar-refractivity contribution >= 4 is 5.69 Å². The van der Waals surface area contributed by atoms with Crippen LogP contribution < -0.4 is 15.0 Å². The molecule has 118 valence electrons. The van der Waals surface area contributed by atoms with Crippen LogP contribution in [0.25, 0.3) is 0 Å². The molecule has 0 aliphatic carbocycles. The number of nitrogens with one attached hydrogen (secondary N) is 1. The van der Waals surface area contributed by atoms with Crippen molar-refractivity contribution < 1.29 is 4.74 Å². The van der Waals surface area contributed by atoms with Gasteiger partial charge in [-0.15, -0.1) is 0 Å². The number of ether oxygens (including phenoxy) is 1. The van der Waals surface area contributed by atoms with Crippen molar-refractivity contribution in [3.63, 3.8) is 0 Å². The molecule has 3 nitrogen and oxygen atoms in total. The molecule has 2 rings (SSSR count). The van der Waals surface area contributed by atoms with Gasteiger partial charge >= 0.3 is 0 Å². The number of rotatable bonds is 4. The van der Waals surface area contributed by atoms with Gasteiger partial charge < -0.3 is 15.0 Å². The Bertz CT molecular complexity index is 453. The zero-order valence-electron chi connectivity index (χ0n) is 14.1. The molecule has 1 aromatic rings. The molecule has 0 aromatic heterocycles. The number of piperazine rings is 1. The maximum atomic E-state index is 5.84. The molecule has 0 radical (unpaired) electrons. The van der Waals surface area contributed by atoms with Crippen molar-refractivity contribution in [1.82, 2.24) is 5.32 Å². The van der Waals surface area contributed by atoms with Gasteiger partial charge in [-0.05, 0) is 30.9 Å². The Labute approximate surface area is 129 Å². The minimum Gasteiger partial charge on any atom is -0.492 e. The Morgan fingerprint density at radius 1 is 1.24 bits per heavy atom. The quantitative estimate of drug-likeness (QED) is 0.915. The predicted octanol–water partition coefficient (Wildman–Crippen LogP) is 3.69. The van der Waals surface area contributed by atoms with Gasteiger partial charge in [-0.1, -0.05) is 39.8 Å². The van der Waals surface area contributed by atoms with Crippen LogP contribution in [0.15, 0.2) is 24.3 Å². The van der Waals surface area contributed by atoms with Gasteiger partial charge in [0, 0.05) is 25.2 Å². The normalized spacial score (nSPS) is 23.2. The van der Waals surface area contributed by atoms with Crippen molar-refractivity contribution in [2.24, 2.45) is 5.41 Å². The largest absolute Gasteiger partial charge is 0.492 e. The Morgan fingerprint density at radius 3 is 2.57 bits per heavy atom. The molecule has 1 N–H and O–H groups in total. The minimum atomic E-state index is 0.261. The number of para-hydroxylation sites is 2. The van der Waals surface area contributed by atoms with E-state index in [4.69, 9.17) is 4.74 Å². The first-order valence-electron chi connectivity index (χ1n) is 8.19. The molecule has 3 heteroatoms. The molecule has 0 bridgehead atoms. The van der Waals surface area contributed by atoms with E-state index in [-0.39, 0.29) is 5.41 Å². The summed E-state index contributed by atoms with van der Waals surface area (Å²) in [5, 5.41) is 3.73. The molecule has 0 spiro atoms. The van der Waals surface area contributed by atoms with Gasteiger partial charge in [-0.2, -0.15) is 0 Å². The first-order chi connectivity index (χ1) is 9.97. The molecule has 0 saturated carbocycles. The number of benzene rings is 1. The summed E-state index contributed by atoms with van der Waals surface area (Å²) in [5.74, 6) is 1.01. The fourth-order valence-electron chi connectivity index (χ4n) is 3.01. The van der Waals surface area contributed by atoms with E-state index >= 15 is 0 Å². The molecule has 0 amide bonds. The van der Waals surface area contributed by atoms with Gasteiger partial charge in [0.15, 0.2) is 0 Å². The molecule has 1 saturated heterocycles. The second kappa shape index (κ2) is 6.69. The topological polar surface area (TPSA) is 24.5 Å². The molecular weight excluding hydrogens is 260 g/mol. The van der Waals surface area contributed by atoms with Gasteiger partial charge in [0.25, 0.3) is 0 Å². The van der Waals surface area contributed by atoms with Gasteiger partial charge in [-0.25, -0.2) is 0 Å². The van der Waals surface area contributed by atoms with Gasteiger partial charge in [0.05, 0.1) is 12.3 Å². The van der Waals surface area contributed by atoms with Crippen LogP contribution >= 0.6 is 0 Å². The van der Waals surface area contributed by atoms with E-state index in [1.807, 2.05) is 6.92 Å². The van der Waals surface area contributed by atoms with E-state index in [1.54, 1.807) is 0 Å². The summed E-state index contributed by atoms with van der Waals surface area (Å²) in [6.45, 7) is 14.0. The van der Waals surface area contributed by atoms with Crippen LogP contribution in [-0.4, -0.2) is 31.8 Å². The van der Waals surface area contributed by atoms with Crippen LogP contribution in [0.3, 0.4) is 0 Å². The van der Waals surface area contributed by atoms with Gasteiger partial charge in [0.1, 0.15) is 5.75 Å². The highest BCUT2D eigenvalue weighted by Gasteiger charge is 2.34. The second-order valence-corrected chi connectivity index (χ2v) is 6.94. The third kappa shape index (κ3) is 3.70. The molecule has 2 unspecified atom stereocenters. The van der Waals surface area contributed by atoms with Crippen LogP contribution in [0.4, 0.5) is 5.69 Å². The lowest BCUT2D eigenvalue weighted by Gasteiger charge is -2.46. The van der Waals surface area contributed by atoms with Crippen molar-refractivity contribution in [1.29, 1.82) is 0 Å². The van der Waals surface area contributed by atoms with Crippen molar-refractivity contribution in [3.05, 3.63) is 24.3 Å². The summed E-state index contributed by atoms with van der Waals surface area (Å²) >= 11 is 0. The highest BCUT2D eigenvalue weighted by molar-refractivity contribution is 5.59. The first-order valence-corrected chi connectivity index (χ1v) is 8.19.